The van der Waals surface area contributed by atoms with Gasteiger partial charge in [0, 0.05) is 43.6 Å². The maximum absolute atomic E-state index is 13.6. The smallest absolute Gasteiger partial charge is 0.358 e. The second kappa shape index (κ2) is 9.72. The van der Waals surface area contributed by atoms with Crippen molar-refractivity contribution in [3.8, 4) is 22.4 Å². The summed E-state index contributed by atoms with van der Waals surface area (Å²) in [5, 5.41) is 10.3. The van der Waals surface area contributed by atoms with Gasteiger partial charge in [-0.05, 0) is 23.7 Å². The summed E-state index contributed by atoms with van der Waals surface area (Å²) in [6, 6.07) is 7.10. The van der Waals surface area contributed by atoms with E-state index in [1.165, 1.54) is 24.5 Å². The molecule has 0 amide bonds. The van der Waals surface area contributed by atoms with Crippen LogP contribution in [0.4, 0.5) is 10.2 Å². The summed E-state index contributed by atoms with van der Waals surface area (Å²) in [6.07, 6.45) is 4.74. The Balaban J connectivity index is 1.82. The molecule has 0 aliphatic carbocycles. The number of rotatable bonds is 8. The van der Waals surface area contributed by atoms with Crippen LogP contribution in [0.2, 0.25) is 30.7 Å². The molecular formula is C24H25ClFN5O3Si. The lowest BCUT2D eigenvalue weighted by molar-refractivity contribution is 0.0691. The summed E-state index contributed by atoms with van der Waals surface area (Å²) >= 11 is 6.86. The van der Waals surface area contributed by atoms with Gasteiger partial charge in [0.1, 0.15) is 18.2 Å². The third-order valence-electron chi connectivity index (χ3n) is 5.48. The fourth-order valence-electron chi connectivity index (χ4n) is 3.57. The van der Waals surface area contributed by atoms with E-state index >= 15 is 0 Å². The Bertz CT molecular complexity index is 1400. The molecular weight excluding hydrogens is 489 g/mol. The normalized spacial score (nSPS) is 11.8. The SMILES string of the molecule is C[Si](C)(C)CCOCn1cc(-c2ccc(F)cc2)c2c(Cl)c(-c3cnc(N)c(C(=O)O)n3)cnc21. The molecule has 0 fully saturated rings. The number of nitrogens with zero attached hydrogens (tertiary/aromatic N) is 4. The molecule has 11 heteroatoms. The molecule has 182 valence electrons. The summed E-state index contributed by atoms with van der Waals surface area (Å²) in [5.74, 6) is -1.84. The molecule has 0 bridgehead atoms. The van der Waals surface area contributed by atoms with Crippen LogP contribution in [0.25, 0.3) is 33.4 Å². The van der Waals surface area contributed by atoms with Crippen LogP contribution in [0.1, 0.15) is 10.5 Å². The topological polar surface area (TPSA) is 116 Å². The van der Waals surface area contributed by atoms with E-state index in [0.29, 0.717) is 28.2 Å². The zero-order chi connectivity index (χ0) is 25.3. The van der Waals surface area contributed by atoms with E-state index in [-0.39, 0.29) is 29.8 Å². The van der Waals surface area contributed by atoms with Gasteiger partial charge in [0.2, 0.25) is 0 Å². The van der Waals surface area contributed by atoms with Crippen LogP contribution in [0.3, 0.4) is 0 Å². The van der Waals surface area contributed by atoms with Crippen molar-refractivity contribution in [3.05, 3.63) is 59.4 Å². The summed E-state index contributed by atoms with van der Waals surface area (Å²) in [4.78, 5) is 24.1. The Morgan fingerprint density at radius 3 is 2.54 bits per heavy atom. The first-order valence-corrected chi connectivity index (χ1v) is 15.0. The van der Waals surface area contributed by atoms with Crippen molar-refractivity contribution >= 4 is 42.5 Å². The second-order valence-electron chi connectivity index (χ2n) is 9.35. The van der Waals surface area contributed by atoms with Gasteiger partial charge >= 0.3 is 5.97 Å². The van der Waals surface area contributed by atoms with Crippen molar-refractivity contribution in [2.75, 3.05) is 12.3 Å². The second-order valence-corrected chi connectivity index (χ2v) is 15.3. The Morgan fingerprint density at radius 1 is 1.17 bits per heavy atom. The molecule has 3 N–H and O–H groups in total. The molecule has 0 aliphatic heterocycles. The van der Waals surface area contributed by atoms with Gasteiger partial charge in [-0.3, -0.25) is 0 Å². The minimum Gasteiger partial charge on any atom is -0.476 e. The standard InChI is InChI=1S/C24H25ClFN5O3Si/c1-35(2,3)9-8-34-13-31-12-17(14-4-6-15(26)7-5-14)19-20(25)16(10-29-23(19)31)18-11-28-22(27)21(30-18)24(32)33/h4-7,10-12H,8-9,13H2,1-3H3,(H2,27,28)(H,32,33). The Morgan fingerprint density at radius 2 is 1.89 bits per heavy atom. The highest BCUT2D eigenvalue weighted by molar-refractivity contribution is 6.76. The number of nitrogen functional groups attached to an aromatic ring is 1. The van der Waals surface area contributed by atoms with Crippen molar-refractivity contribution in [3.63, 3.8) is 0 Å². The number of benzene rings is 1. The number of nitrogens with two attached hydrogens (primary N) is 1. The molecule has 0 radical (unpaired) electrons. The predicted molar refractivity (Wildman–Crippen MR) is 137 cm³/mol. The molecule has 4 rings (SSSR count). The van der Waals surface area contributed by atoms with Crippen molar-refractivity contribution < 1.29 is 19.0 Å². The Labute approximate surface area is 207 Å². The quantitative estimate of drug-likeness (QED) is 0.234. The van der Waals surface area contributed by atoms with E-state index in [1.807, 2.05) is 10.8 Å². The number of fused-ring (bicyclic) bond motifs is 1. The number of hydrogen-bond donors (Lipinski definition) is 2. The molecule has 0 atom stereocenters. The van der Waals surface area contributed by atoms with Crippen molar-refractivity contribution in [1.82, 2.24) is 19.5 Å². The van der Waals surface area contributed by atoms with Gasteiger partial charge in [-0.15, -0.1) is 0 Å². The summed E-state index contributed by atoms with van der Waals surface area (Å²) in [7, 11) is -1.24. The molecule has 0 saturated heterocycles. The van der Waals surface area contributed by atoms with Crippen molar-refractivity contribution in [2.24, 2.45) is 0 Å². The van der Waals surface area contributed by atoms with Crippen LogP contribution >= 0.6 is 11.6 Å². The molecule has 8 nitrogen and oxygen atoms in total. The largest absolute Gasteiger partial charge is 0.476 e. The maximum atomic E-state index is 13.6. The Kier molecular flexibility index (Phi) is 6.88. The number of anilines is 1. The zero-order valence-corrected chi connectivity index (χ0v) is 21.3. The van der Waals surface area contributed by atoms with E-state index in [4.69, 9.17) is 22.1 Å². The number of ether oxygens (including phenoxy) is 1. The monoisotopic (exact) mass is 513 g/mol. The number of aromatic carboxylic acids is 1. The highest BCUT2D eigenvalue weighted by Crippen LogP contribution is 2.39. The number of carboxylic acids is 1. The van der Waals surface area contributed by atoms with E-state index in [2.05, 4.69) is 34.6 Å². The van der Waals surface area contributed by atoms with Crippen LogP contribution < -0.4 is 5.73 Å². The number of carboxylic acid groups (broad SMARTS) is 1. The highest BCUT2D eigenvalue weighted by atomic mass is 35.5. The average Bonchev–Trinajstić information content (AvgIpc) is 3.17. The average molecular weight is 514 g/mol. The first-order valence-electron chi connectivity index (χ1n) is 10.9. The number of pyridine rings is 1. The molecule has 0 aliphatic rings. The van der Waals surface area contributed by atoms with Gasteiger partial charge in [-0.25, -0.2) is 24.1 Å². The molecule has 0 spiro atoms. The molecule has 4 aromatic rings. The lowest BCUT2D eigenvalue weighted by Gasteiger charge is -2.15. The highest BCUT2D eigenvalue weighted by Gasteiger charge is 2.21. The number of halogens is 2. The fourth-order valence-corrected chi connectivity index (χ4v) is 4.66. The number of aromatic nitrogens is 4. The minimum absolute atomic E-state index is 0.194. The van der Waals surface area contributed by atoms with E-state index in [9.17, 15) is 14.3 Å². The number of carbonyl (C=O) groups is 1. The fraction of sp³-hybridized carbons (Fsp3) is 0.250. The first-order chi connectivity index (χ1) is 16.5. The molecule has 3 heterocycles. The molecule has 35 heavy (non-hydrogen) atoms. The van der Waals surface area contributed by atoms with Crippen LogP contribution in [0.15, 0.2) is 42.9 Å². The van der Waals surface area contributed by atoms with Crippen LogP contribution in [-0.4, -0.2) is 45.3 Å². The third kappa shape index (κ3) is 5.34. The molecule has 0 unspecified atom stereocenters. The zero-order valence-electron chi connectivity index (χ0n) is 19.5. The van der Waals surface area contributed by atoms with Crippen LogP contribution in [-0.2, 0) is 11.5 Å². The van der Waals surface area contributed by atoms with Gasteiger partial charge in [0.25, 0.3) is 0 Å². The van der Waals surface area contributed by atoms with Crippen molar-refractivity contribution in [2.45, 2.75) is 32.4 Å². The van der Waals surface area contributed by atoms with Gasteiger partial charge < -0.3 is 20.1 Å². The summed E-state index contributed by atoms with van der Waals surface area (Å²) < 4.78 is 21.4. The first kappa shape index (κ1) is 24.8. The summed E-state index contributed by atoms with van der Waals surface area (Å²) in [5.41, 5.74) is 7.95. The minimum atomic E-state index is -1.30. The van der Waals surface area contributed by atoms with Gasteiger partial charge in [-0.1, -0.05) is 43.4 Å². The van der Waals surface area contributed by atoms with Crippen LogP contribution in [0.5, 0.6) is 0 Å². The molecule has 0 saturated carbocycles. The lowest BCUT2D eigenvalue weighted by Crippen LogP contribution is -2.22. The maximum Gasteiger partial charge on any atom is 0.358 e. The van der Waals surface area contributed by atoms with Crippen LogP contribution in [0, 0.1) is 5.82 Å². The van der Waals surface area contributed by atoms with E-state index in [0.717, 1.165) is 17.2 Å². The lowest BCUT2D eigenvalue weighted by atomic mass is 10.0. The Hall–Kier alpha value is -3.34. The summed E-state index contributed by atoms with van der Waals surface area (Å²) in [6.45, 7) is 7.76. The molecule has 3 aromatic heterocycles. The molecule has 1 aromatic carbocycles. The predicted octanol–water partition coefficient (Wildman–Crippen LogP) is 5.55. The number of hydrogen-bond acceptors (Lipinski definition) is 6. The third-order valence-corrected chi connectivity index (χ3v) is 7.58. The van der Waals surface area contributed by atoms with E-state index in [1.54, 1.807) is 12.1 Å². The van der Waals surface area contributed by atoms with Gasteiger partial charge in [0.15, 0.2) is 11.5 Å². The van der Waals surface area contributed by atoms with E-state index < -0.39 is 14.0 Å². The van der Waals surface area contributed by atoms with Crippen molar-refractivity contribution in [1.29, 1.82) is 0 Å². The van der Waals surface area contributed by atoms with Gasteiger partial charge in [-0.2, -0.15) is 0 Å². The van der Waals surface area contributed by atoms with Gasteiger partial charge in [0.05, 0.1) is 16.9 Å².